The minimum atomic E-state index is -0.366. The van der Waals surface area contributed by atoms with E-state index in [4.69, 9.17) is 9.47 Å². The summed E-state index contributed by atoms with van der Waals surface area (Å²) in [5.41, 5.74) is 4.39. The van der Waals surface area contributed by atoms with Crippen LogP contribution in [0, 0.1) is 3.57 Å². The van der Waals surface area contributed by atoms with Gasteiger partial charge in [-0.3, -0.25) is 4.79 Å². The fourth-order valence-corrected chi connectivity index (χ4v) is 2.97. The quantitative estimate of drug-likeness (QED) is 0.342. The molecule has 2 aromatic carbocycles. The number of nitrogens with one attached hydrogen (secondary N) is 1. The van der Waals surface area contributed by atoms with Crippen molar-refractivity contribution in [2.24, 2.45) is 5.10 Å². The number of aromatic hydroxyl groups is 1. The van der Waals surface area contributed by atoms with Crippen LogP contribution in [0.5, 0.6) is 17.2 Å². The number of hydrogen-bond acceptors (Lipinski definition) is 5. The first-order valence-corrected chi connectivity index (χ1v) is 9.99. The van der Waals surface area contributed by atoms with Crippen LogP contribution >= 0.6 is 22.6 Å². The van der Waals surface area contributed by atoms with Crippen LogP contribution in [0.15, 0.2) is 41.5 Å². The number of phenols is 1. The molecular formula is C21H25IN2O4. The molecule has 0 heterocycles. The molecule has 1 amide bonds. The van der Waals surface area contributed by atoms with E-state index in [1.54, 1.807) is 12.1 Å². The number of benzene rings is 2. The molecule has 0 aliphatic rings. The smallest absolute Gasteiger partial charge is 0.277 e. The highest BCUT2D eigenvalue weighted by Gasteiger charge is 2.13. The highest BCUT2D eigenvalue weighted by atomic mass is 127. The Morgan fingerprint density at radius 3 is 2.50 bits per heavy atom. The van der Waals surface area contributed by atoms with Crippen molar-refractivity contribution in [2.45, 2.75) is 33.1 Å². The summed E-state index contributed by atoms with van der Waals surface area (Å²) in [5.74, 6) is 0.731. The van der Waals surface area contributed by atoms with E-state index < -0.39 is 0 Å². The zero-order valence-corrected chi connectivity index (χ0v) is 18.6. The van der Waals surface area contributed by atoms with Crippen LogP contribution in [0.2, 0.25) is 0 Å². The van der Waals surface area contributed by atoms with Crippen molar-refractivity contribution < 1.29 is 19.4 Å². The predicted octanol–water partition coefficient (Wildman–Crippen LogP) is 4.22. The summed E-state index contributed by atoms with van der Waals surface area (Å²) in [4.78, 5) is 11.9. The molecule has 0 saturated carbocycles. The van der Waals surface area contributed by atoms with Crippen molar-refractivity contribution in [3.05, 3.63) is 51.1 Å². The molecule has 0 radical (unpaired) electrons. The lowest BCUT2D eigenvalue weighted by molar-refractivity contribution is -0.123. The van der Waals surface area contributed by atoms with E-state index in [9.17, 15) is 9.90 Å². The molecule has 0 spiro atoms. The SMILES string of the molecule is CCOc1cc(/C=N\NC(=O)COc2ccc(C(C)(C)C)cc2)cc(I)c1O. The fourth-order valence-electron chi connectivity index (χ4n) is 2.34. The number of nitrogens with zero attached hydrogens (tertiary/aromatic N) is 1. The maximum Gasteiger partial charge on any atom is 0.277 e. The number of ether oxygens (including phenoxy) is 2. The second kappa shape index (κ2) is 9.77. The molecular weight excluding hydrogens is 471 g/mol. The van der Waals surface area contributed by atoms with Crippen LogP contribution in [-0.2, 0) is 10.2 Å². The van der Waals surface area contributed by atoms with Gasteiger partial charge in [0.1, 0.15) is 5.75 Å². The van der Waals surface area contributed by atoms with E-state index in [0.29, 0.717) is 27.2 Å². The summed E-state index contributed by atoms with van der Waals surface area (Å²) in [7, 11) is 0. The maximum absolute atomic E-state index is 11.9. The number of hydrazone groups is 1. The zero-order valence-electron chi connectivity index (χ0n) is 16.5. The molecule has 28 heavy (non-hydrogen) atoms. The Hall–Kier alpha value is -2.29. The first-order valence-electron chi connectivity index (χ1n) is 8.91. The second-order valence-electron chi connectivity index (χ2n) is 7.14. The Bertz CT molecular complexity index is 843. The number of amides is 1. The number of hydrogen-bond donors (Lipinski definition) is 2. The lowest BCUT2D eigenvalue weighted by Crippen LogP contribution is -2.24. The fraction of sp³-hybridized carbons (Fsp3) is 0.333. The number of carbonyl (C=O) groups excluding carboxylic acids is 1. The maximum atomic E-state index is 11.9. The molecule has 0 unspecified atom stereocenters. The van der Waals surface area contributed by atoms with Crippen LogP contribution in [-0.4, -0.2) is 30.4 Å². The topological polar surface area (TPSA) is 80.2 Å². The van der Waals surface area contributed by atoms with Crippen LogP contribution < -0.4 is 14.9 Å². The Balaban J connectivity index is 1.88. The molecule has 0 atom stereocenters. The third-order valence-electron chi connectivity index (χ3n) is 3.84. The molecule has 6 nitrogen and oxygen atoms in total. The summed E-state index contributed by atoms with van der Waals surface area (Å²) < 4.78 is 11.5. The first kappa shape index (κ1) is 22.0. The molecule has 2 N–H and O–H groups in total. The van der Waals surface area contributed by atoms with Crippen molar-refractivity contribution in [1.82, 2.24) is 5.43 Å². The molecule has 0 aliphatic carbocycles. The lowest BCUT2D eigenvalue weighted by Gasteiger charge is -2.19. The third kappa shape index (κ3) is 6.40. The summed E-state index contributed by atoms with van der Waals surface area (Å²) in [5, 5.41) is 13.9. The molecule has 0 aromatic heterocycles. The standard InChI is InChI=1S/C21H25IN2O4/c1-5-27-18-11-14(10-17(22)20(18)26)12-23-24-19(25)13-28-16-8-6-15(7-9-16)21(2,3)4/h6-12,26H,5,13H2,1-4H3,(H,24,25)/b23-12-. The van der Waals surface area contributed by atoms with Gasteiger partial charge in [-0.05, 0) is 70.3 Å². The average molecular weight is 496 g/mol. The van der Waals surface area contributed by atoms with Gasteiger partial charge in [0.05, 0.1) is 16.4 Å². The molecule has 0 bridgehead atoms. The van der Waals surface area contributed by atoms with Gasteiger partial charge in [0, 0.05) is 0 Å². The van der Waals surface area contributed by atoms with E-state index in [0.717, 1.165) is 0 Å². The number of rotatable bonds is 7. The van der Waals surface area contributed by atoms with Crippen LogP contribution in [0.25, 0.3) is 0 Å². The summed E-state index contributed by atoms with van der Waals surface area (Å²) in [6.07, 6.45) is 1.49. The second-order valence-corrected chi connectivity index (χ2v) is 8.30. The van der Waals surface area contributed by atoms with Gasteiger partial charge in [-0.1, -0.05) is 32.9 Å². The van der Waals surface area contributed by atoms with Crippen molar-refractivity contribution in [3.8, 4) is 17.2 Å². The van der Waals surface area contributed by atoms with Gasteiger partial charge in [0.15, 0.2) is 18.1 Å². The number of phenolic OH excluding ortho intramolecular Hbond substituents is 1. The van der Waals surface area contributed by atoms with Crippen molar-refractivity contribution in [3.63, 3.8) is 0 Å². The van der Waals surface area contributed by atoms with Gasteiger partial charge < -0.3 is 14.6 Å². The van der Waals surface area contributed by atoms with Gasteiger partial charge in [-0.25, -0.2) is 5.43 Å². The Labute approximate surface area is 179 Å². The molecule has 150 valence electrons. The molecule has 2 aromatic rings. The van der Waals surface area contributed by atoms with E-state index in [1.165, 1.54) is 11.8 Å². The highest BCUT2D eigenvalue weighted by molar-refractivity contribution is 14.1. The minimum absolute atomic E-state index is 0.0682. The van der Waals surface area contributed by atoms with Crippen LogP contribution in [0.1, 0.15) is 38.8 Å². The lowest BCUT2D eigenvalue weighted by atomic mass is 9.87. The Kier molecular flexibility index (Phi) is 7.68. The van der Waals surface area contributed by atoms with E-state index in [-0.39, 0.29) is 23.7 Å². The van der Waals surface area contributed by atoms with Crippen molar-refractivity contribution in [1.29, 1.82) is 0 Å². The predicted molar refractivity (Wildman–Crippen MR) is 118 cm³/mol. The molecule has 2 rings (SSSR count). The van der Waals surface area contributed by atoms with Gasteiger partial charge in [0.2, 0.25) is 0 Å². The van der Waals surface area contributed by atoms with Gasteiger partial charge >= 0.3 is 0 Å². The van der Waals surface area contributed by atoms with Crippen LogP contribution in [0.4, 0.5) is 0 Å². The van der Waals surface area contributed by atoms with Crippen LogP contribution in [0.3, 0.4) is 0 Å². The van der Waals surface area contributed by atoms with Gasteiger partial charge in [-0.15, -0.1) is 0 Å². The van der Waals surface area contributed by atoms with E-state index in [1.807, 2.05) is 53.8 Å². The number of halogens is 1. The molecule has 0 saturated heterocycles. The molecule has 0 aliphatic heterocycles. The minimum Gasteiger partial charge on any atom is -0.504 e. The highest BCUT2D eigenvalue weighted by Crippen LogP contribution is 2.32. The largest absolute Gasteiger partial charge is 0.504 e. The van der Waals surface area contributed by atoms with Gasteiger partial charge in [-0.2, -0.15) is 5.10 Å². The molecule has 7 heteroatoms. The normalized spacial score (nSPS) is 11.5. The van der Waals surface area contributed by atoms with Crippen molar-refractivity contribution >= 4 is 34.7 Å². The zero-order chi connectivity index (χ0) is 20.7. The third-order valence-corrected chi connectivity index (χ3v) is 4.67. The Morgan fingerprint density at radius 1 is 1.21 bits per heavy atom. The summed E-state index contributed by atoms with van der Waals surface area (Å²) in [6, 6.07) is 11.1. The Morgan fingerprint density at radius 2 is 1.89 bits per heavy atom. The monoisotopic (exact) mass is 496 g/mol. The van der Waals surface area contributed by atoms with E-state index >= 15 is 0 Å². The average Bonchev–Trinajstić information content (AvgIpc) is 2.64. The first-order chi connectivity index (χ1) is 13.2. The van der Waals surface area contributed by atoms with Gasteiger partial charge in [0.25, 0.3) is 5.91 Å². The summed E-state index contributed by atoms with van der Waals surface area (Å²) >= 11 is 2.01. The number of carbonyl (C=O) groups is 1. The van der Waals surface area contributed by atoms with E-state index in [2.05, 4.69) is 31.3 Å². The summed E-state index contributed by atoms with van der Waals surface area (Å²) in [6.45, 7) is 8.56. The molecule has 0 fully saturated rings. The van der Waals surface area contributed by atoms with Crippen molar-refractivity contribution in [2.75, 3.05) is 13.2 Å².